The molecule has 2 heterocycles. The van der Waals surface area contributed by atoms with Crippen LogP contribution >= 0.6 is 0 Å². The molecule has 1 aliphatic rings. The molecule has 0 aliphatic carbocycles. The van der Waals surface area contributed by atoms with Gasteiger partial charge in [-0.25, -0.2) is 8.78 Å². The van der Waals surface area contributed by atoms with Gasteiger partial charge in [0.15, 0.2) is 5.78 Å². The number of rotatable bonds is 4. The quantitative estimate of drug-likeness (QED) is 0.611. The Kier molecular flexibility index (Phi) is 5.06. The Hall–Kier alpha value is -2.57. The molecule has 134 valence electrons. The van der Waals surface area contributed by atoms with Crippen molar-refractivity contribution >= 4 is 11.7 Å². The predicted octanol–water partition coefficient (Wildman–Crippen LogP) is 2.82. The summed E-state index contributed by atoms with van der Waals surface area (Å²) < 4.78 is 65.1. The Balaban J connectivity index is 2.06. The summed E-state index contributed by atoms with van der Waals surface area (Å²) in [6.45, 7) is -0.943. The van der Waals surface area contributed by atoms with Crippen molar-refractivity contribution in [1.29, 1.82) is 5.26 Å². The van der Waals surface area contributed by atoms with E-state index in [9.17, 15) is 31.5 Å². The third kappa shape index (κ3) is 4.29. The van der Waals surface area contributed by atoms with Crippen molar-refractivity contribution in [1.82, 2.24) is 9.88 Å². The number of pyridine rings is 1. The zero-order valence-corrected chi connectivity index (χ0v) is 12.7. The summed E-state index contributed by atoms with van der Waals surface area (Å²) in [7, 11) is 0. The molecule has 0 saturated carbocycles. The van der Waals surface area contributed by atoms with Crippen molar-refractivity contribution in [3.63, 3.8) is 0 Å². The molecule has 10 heteroatoms. The van der Waals surface area contributed by atoms with Gasteiger partial charge < -0.3 is 4.90 Å². The first-order valence-electron chi connectivity index (χ1n) is 7.16. The molecule has 2 rings (SSSR count). The summed E-state index contributed by atoms with van der Waals surface area (Å²) in [5, 5.41) is 8.82. The van der Waals surface area contributed by atoms with Gasteiger partial charge in [0.2, 0.25) is 5.91 Å². The second-order valence-corrected chi connectivity index (χ2v) is 5.57. The maximum Gasteiger partial charge on any atom is 0.418 e. The van der Waals surface area contributed by atoms with Crippen LogP contribution in [-0.4, -0.2) is 40.1 Å². The highest BCUT2D eigenvalue weighted by atomic mass is 19.4. The highest BCUT2D eigenvalue weighted by Crippen LogP contribution is 2.33. The summed E-state index contributed by atoms with van der Waals surface area (Å²) in [6.07, 6.45) is -5.23. The molecule has 1 aromatic heterocycles. The molecule has 1 fully saturated rings. The number of ketones is 1. The standard InChI is InChI=1S/C15H12F5N3O2/c16-14(17)5-9(6-21)23(8-14)13(25)2-1-12(24)10-3-4-22-7-11(10)15(18,19)20/h3-4,7,9H,1-2,5,8H2/t9-/m0/s1. The van der Waals surface area contributed by atoms with E-state index < -0.39 is 66.8 Å². The van der Waals surface area contributed by atoms with Gasteiger partial charge in [-0.1, -0.05) is 0 Å². The fraction of sp³-hybridized carbons (Fsp3) is 0.467. The largest absolute Gasteiger partial charge is 0.418 e. The van der Waals surface area contributed by atoms with Gasteiger partial charge in [-0.3, -0.25) is 14.6 Å². The van der Waals surface area contributed by atoms with Crippen LogP contribution in [0.15, 0.2) is 18.5 Å². The molecule has 1 atom stereocenters. The molecule has 25 heavy (non-hydrogen) atoms. The van der Waals surface area contributed by atoms with Gasteiger partial charge in [0.1, 0.15) is 6.04 Å². The smallest absolute Gasteiger partial charge is 0.320 e. The molecule has 5 nitrogen and oxygen atoms in total. The summed E-state index contributed by atoms with van der Waals surface area (Å²) in [5.74, 6) is -5.03. The second-order valence-electron chi connectivity index (χ2n) is 5.57. The van der Waals surface area contributed by atoms with Crippen LogP contribution in [0.25, 0.3) is 0 Å². The van der Waals surface area contributed by atoms with E-state index in [1.807, 2.05) is 0 Å². The molecule has 0 radical (unpaired) electrons. The monoisotopic (exact) mass is 361 g/mol. The molecular formula is C15H12F5N3O2. The van der Waals surface area contributed by atoms with E-state index in [4.69, 9.17) is 5.26 Å². The lowest BCUT2D eigenvalue weighted by Crippen LogP contribution is -2.36. The lowest BCUT2D eigenvalue weighted by Gasteiger charge is -2.19. The fourth-order valence-corrected chi connectivity index (χ4v) is 2.56. The van der Waals surface area contributed by atoms with Crippen LogP contribution in [-0.2, 0) is 11.0 Å². The number of Topliss-reactive ketones (excluding diaryl/α,β-unsaturated/α-hetero) is 1. The first-order valence-corrected chi connectivity index (χ1v) is 7.16. The lowest BCUT2D eigenvalue weighted by molar-refractivity contribution is -0.138. The number of likely N-dealkylation sites (tertiary alicyclic amines) is 1. The Morgan fingerprint density at radius 2 is 2.04 bits per heavy atom. The Morgan fingerprint density at radius 3 is 2.64 bits per heavy atom. The molecule has 0 spiro atoms. The van der Waals surface area contributed by atoms with E-state index in [1.54, 1.807) is 6.07 Å². The average molecular weight is 361 g/mol. The number of carbonyl (C=O) groups excluding carboxylic acids is 2. The summed E-state index contributed by atoms with van der Waals surface area (Å²) in [5.41, 5.74) is -1.87. The van der Waals surface area contributed by atoms with Crippen LogP contribution in [0, 0.1) is 11.3 Å². The average Bonchev–Trinajstić information content (AvgIpc) is 2.86. The van der Waals surface area contributed by atoms with E-state index >= 15 is 0 Å². The zero-order valence-electron chi connectivity index (χ0n) is 12.7. The van der Waals surface area contributed by atoms with Gasteiger partial charge in [-0.15, -0.1) is 0 Å². The van der Waals surface area contributed by atoms with Crippen LogP contribution in [0.2, 0.25) is 0 Å². The Labute approximate surface area is 139 Å². The number of amides is 1. The molecule has 1 amide bonds. The van der Waals surface area contributed by atoms with Gasteiger partial charge in [-0.05, 0) is 6.07 Å². The van der Waals surface area contributed by atoms with Crippen molar-refractivity contribution in [2.75, 3.05) is 6.54 Å². The maximum absolute atomic E-state index is 13.3. The molecule has 0 N–H and O–H groups in total. The number of halogens is 5. The molecule has 1 saturated heterocycles. The van der Waals surface area contributed by atoms with Gasteiger partial charge in [0.05, 0.1) is 18.2 Å². The molecule has 0 bridgehead atoms. The van der Waals surface area contributed by atoms with Crippen molar-refractivity contribution in [2.45, 2.75) is 37.4 Å². The third-order valence-corrected chi connectivity index (χ3v) is 3.73. The number of nitriles is 1. The highest BCUT2D eigenvalue weighted by Gasteiger charge is 2.47. The van der Waals surface area contributed by atoms with Crippen molar-refractivity contribution in [2.24, 2.45) is 0 Å². The first-order chi connectivity index (χ1) is 11.5. The van der Waals surface area contributed by atoms with E-state index in [1.165, 1.54) is 0 Å². The summed E-state index contributed by atoms with van der Waals surface area (Å²) in [6, 6.07) is 1.15. The maximum atomic E-state index is 13.3. The third-order valence-electron chi connectivity index (χ3n) is 3.73. The minimum atomic E-state index is -4.79. The zero-order chi connectivity index (χ0) is 18.8. The van der Waals surface area contributed by atoms with Crippen LogP contribution in [0.5, 0.6) is 0 Å². The molecule has 1 aromatic rings. The Bertz CT molecular complexity index is 727. The molecule has 0 unspecified atom stereocenters. The predicted molar refractivity (Wildman–Crippen MR) is 73.5 cm³/mol. The second kappa shape index (κ2) is 6.74. The molecule has 0 aromatic carbocycles. The number of aromatic nitrogens is 1. The van der Waals surface area contributed by atoms with Gasteiger partial charge >= 0.3 is 6.18 Å². The van der Waals surface area contributed by atoms with E-state index in [0.29, 0.717) is 11.1 Å². The summed E-state index contributed by atoms with van der Waals surface area (Å²) in [4.78, 5) is 28.0. The SMILES string of the molecule is N#C[C@@H]1CC(F)(F)CN1C(=O)CCC(=O)c1ccncc1C(F)(F)F. The van der Waals surface area contributed by atoms with E-state index in [-0.39, 0.29) is 0 Å². The number of hydrogen-bond donors (Lipinski definition) is 0. The normalized spacial score (nSPS) is 19.5. The van der Waals surface area contributed by atoms with Crippen LogP contribution in [0.4, 0.5) is 22.0 Å². The van der Waals surface area contributed by atoms with Gasteiger partial charge in [-0.2, -0.15) is 18.4 Å². The molecule has 1 aliphatic heterocycles. The highest BCUT2D eigenvalue weighted by molar-refractivity contribution is 5.99. The fourth-order valence-electron chi connectivity index (χ4n) is 2.56. The lowest BCUT2D eigenvalue weighted by atomic mass is 10.0. The minimum Gasteiger partial charge on any atom is -0.320 e. The number of alkyl halides is 5. The van der Waals surface area contributed by atoms with E-state index in [2.05, 4.69) is 4.98 Å². The summed E-state index contributed by atoms with van der Waals surface area (Å²) >= 11 is 0. The molecular weight excluding hydrogens is 349 g/mol. The van der Waals surface area contributed by atoms with Gasteiger partial charge in [0.25, 0.3) is 5.92 Å². The Morgan fingerprint density at radius 1 is 1.36 bits per heavy atom. The first kappa shape index (κ1) is 18.8. The number of nitrogens with zero attached hydrogens (tertiary/aromatic N) is 3. The number of carbonyl (C=O) groups is 2. The topological polar surface area (TPSA) is 74.1 Å². The van der Waals surface area contributed by atoms with Crippen molar-refractivity contribution in [3.05, 3.63) is 29.6 Å². The van der Waals surface area contributed by atoms with Crippen LogP contribution < -0.4 is 0 Å². The van der Waals surface area contributed by atoms with Crippen LogP contribution in [0.3, 0.4) is 0 Å². The van der Waals surface area contributed by atoms with Crippen LogP contribution in [0.1, 0.15) is 35.2 Å². The number of hydrogen-bond acceptors (Lipinski definition) is 4. The van der Waals surface area contributed by atoms with Crippen molar-refractivity contribution < 1.29 is 31.5 Å². The van der Waals surface area contributed by atoms with E-state index in [0.717, 1.165) is 12.3 Å². The minimum absolute atomic E-state index is 0.502. The van der Waals surface area contributed by atoms with Crippen molar-refractivity contribution in [3.8, 4) is 6.07 Å². The van der Waals surface area contributed by atoms with Gasteiger partial charge in [0, 0.05) is 37.2 Å².